The van der Waals surface area contributed by atoms with Crippen molar-refractivity contribution < 1.29 is 9.30 Å². The van der Waals surface area contributed by atoms with Gasteiger partial charge < -0.3 is 19.9 Å². The molecular formula is C24H22BrN8O2P. The lowest BCUT2D eigenvalue weighted by Crippen LogP contribution is -2.14. The van der Waals surface area contributed by atoms with E-state index in [-0.39, 0.29) is 0 Å². The predicted molar refractivity (Wildman–Crippen MR) is 145 cm³/mol. The molecule has 10 nitrogen and oxygen atoms in total. The van der Waals surface area contributed by atoms with Gasteiger partial charge in [-0.05, 0) is 65.7 Å². The Morgan fingerprint density at radius 3 is 2.58 bits per heavy atom. The van der Waals surface area contributed by atoms with Crippen molar-refractivity contribution in [1.29, 1.82) is 0 Å². The minimum absolute atomic E-state index is 0.343. The van der Waals surface area contributed by atoms with Crippen LogP contribution < -0.4 is 20.7 Å². The molecule has 0 unspecified atom stereocenters. The van der Waals surface area contributed by atoms with E-state index in [1.165, 1.54) is 0 Å². The Morgan fingerprint density at radius 2 is 1.83 bits per heavy atom. The van der Waals surface area contributed by atoms with Crippen LogP contribution in [0.5, 0.6) is 5.75 Å². The zero-order valence-corrected chi connectivity index (χ0v) is 22.2. The summed E-state index contributed by atoms with van der Waals surface area (Å²) in [7, 11) is -1.13. The van der Waals surface area contributed by atoms with Crippen LogP contribution >= 0.6 is 23.1 Å². The molecule has 0 fully saturated rings. The average molecular weight is 565 g/mol. The normalized spacial score (nSPS) is 11.4. The van der Waals surface area contributed by atoms with Gasteiger partial charge in [0.15, 0.2) is 0 Å². The van der Waals surface area contributed by atoms with Gasteiger partial charge in [-0.15, -0.1) is 0 Å². The van der Waals surface area contributed by atoms with Gasteiger partial charge >= 0.3 is 0 Å². The molecule has 5 rings (SSSR count). The lowest BCUT2D eigenvalue weighted by Gasteiger charge is -2.18. The highest BCUT2D eigenvalue weighted by Gasteiger charge is 2.22. The molecule has 2 N–H and O–H groups in total. The van der Waals surface area contributed by atoms with E-state index in [1.54, 1.807) is 49.9 Å². The molecule has 3 aromatic heterocycles. The first-order valence-electron chi connectivity index (χ1n) is 10.9. The molecule has 0 saturated carbocycles. The van der Waals surface area contributed by atoms with Gasteiger partial charge in [-0.25, -0.2) is 9.67 Å². The number of nitrogens with one attached hydrogen (secondary N) is 2. The fourth-order valence-corrected chi connectivity index (χ4v) is 5.47. The number of halogens is 1. The summed E-state index contributed by atoms with van der Waals surface area (Å²) in [6.07, 6.45) is 8.42. The summed E-state index contributed by atoms with van der Waals surface area (Å²) in [4.78, 5) is 17.8. The van der Waals surface area contributed by atoms with E-state index in [4.69, 9.17) is 4.74 Å². The molecule has 0 aliphatic carbocycles. The number of hydrogen-bond donors (Lipinski definition) is 2. The number of benzene rings is 2. The van der Waals surface area contributed by atoms with Gasteiger partial charge in [-0.2, -0.15) is 10.1 Å². The fourth-order valence-electron chi connectivity index (χ4n) is 3.79. The third-order valence-corrected chi connectivity index (χ3v) is 7.46. The molecule has 0 aliphatic rings. The summed E-state index contributed by atoms with van der Waals surface area (Å²) in [5.74, 6) is 1.46. The highest BCUT2D eigenvalue weighted by Crippen LogP contribution is 2.41. The molecule has 0 spiro atoms. The van der Waals surface area contributed by atoms with Crippen molar-refractivity contribution in [3.63, 3.8) is 0 Å². The maximum absolute atomic E-state index is 13.2. The van der Waals surface area contributed by atoms with E-state index in [1.807, 2.05) is 42.6 Å². The van der Waals surface area contributed by atoms with Crippen molar-refractivity contribution in [2.45, 2.75) is 0 Å². The summed E-state index contributed by atoms with van der Waals surface area (Å²) < 4.78 is 21.2. The van der Waals surface area contributed by atoms with Crippen LogP contribution in [0.1, 0.15) is 0 Å². The quantitative estimate of drug-likeness (QED) is 0.260. The Hall–Kier alpha value is -3.82. The van der Waals surface area contributed by atoms with Gasteiger partial charge in [0.1, 0.15) is 24.2 Å². The summed E-state index contributed by atoms with van der Waals surface area (Å²) in [6, 6.07) is 11.2. The predicted octanol–water partition coefficient (Wildman–Crippen LogP) is 5.11. The van der Waals surface area contributed by atoms with Crippen LogP contribution in [0.4, 0.5) is 23.1 Å². The number of methoxy groups -OCH3 is 1. The summed E-state index contributed by atoms with van der Waals surface area (Å²) in [5, 5.41) is 11.4. The summed E-state index contributed by atoms with van der Waals surface area (Å²) >= 11 is 3.52. The molecule has 0 atom stereocenters. The van der Waals surface area contributed by atoms with Gasteiger partial charge in [0.05, 0.1) is 39.5 Å². The van der Waals surface area contributed by atoms with Gasteiger partial charge in [-0.3, -0.25) is 9.97 Å². The number of ether oxygens (including phenoxy) is 1. The molecule has 182 valence electrons. The molecule has 2 aromatic carbocycles. The number of fused-ring (bicyclic) bond motifs is 1. The Morgan fingerprint density at radius 1 is 1.00 bits per heavy atom. The zero-order chi connectivity index (χ0) is 25.3. The Labute approximate surface area is 215 Å². The van der Waals surface area contributed by atoms with Crippen molar-refractivity contribution in [3.05, 3.63) is 71.9 Å². The van der Waals surface area contributed by atoms with Gasteiger partial charge in [-0.1, -0.05) is 0 Å². The van der Waals surface area contributed by atoms with E-state index < -0.39 is 7.14 Å². The topological polar surface area (TPSA) is 120 Å². The van der Waals surface area contributed by atoms with Crippen LogP contribution in [0, 0.1) is 0 Å². The minimum Gasteiger partial charge on any atom is -0.495 e. The second-order valence-corrected chi connectivity index (χ2v) is 12.2. The number of anilines is 4. The van der Waals surface area contributed by atoms with Gasteiger partial charge in [0.25, 0.3) is 0 Å². The van der Waals surface area contributed by atoms with Crippen molar-refractivity contribution in [2.24, 2.45) is 0 Å². The third kappa shape index (κ3) is 4.80. The molecule has 12 heteroatoms. The molecule has 5 aromatic rings. The number of hydrogen-bond acceptors (Lipinski definition) is 9. The smallest absolute Gasteiger partial charge is 0.229 e. The van der Waals surface area contributed by atoms with E-state index >= 15 is 0 Å². The van der Waals surface area contributed by atoms with Crippen LogP contribution in [-0.4, -0.2) is 50.2 Å². The fraction of sp³-hybridized carbons (Fsp3) is 0.125. The van der Waals surface area contributed by atoms with E-state index in [0.29, 0.717) is 49.7 Å². The molecule has 0 aliphatic heterocycles. The Kier molecular flexibility index (Phi) is 6.42. The van der Waals surface area contributed by atoms with Crippen LogP contribution in [0.2, 0.25) is 0 Å². The average Bonchev–Trinajstić information content (AvgIpc) is 3.40. The maximum atomic E-state index is 13.2. The maximum Gasteiger partial charge on any atom is 0.229 e. The molecule has 0 saturated heterocycles. The summed E-state index contributed by atoms with van der Waals surface area (Å²) in [6.45, 7) is 3.42. The Balaban J connectivity index is 1.52. The second kappa shape index (κ2) is 9.67. The molecular weight excluding hydrogens is 543 g/mol. The van der Waals surface area contributed by atoms with Crippen molar-refractivity contribution >= 4 is 62.6 Å². The highest BCUT2D eigenvalue weighted by atomic mass is 79.9. The Bertz CT molecular complexity index is 1600. The first-order chi connectivity index (χ1) is 17.3. The molecule has 0 bridgehead atoms. The van der Waals surface area contributed by atoms with Crippen LogP contribution in [0.3, 0.4) is 0 Å². The van der Waals surface area contributed by atoms with E-state index in [9.17, 15) is 4.57 Å². The first-order valence-corrected chi connectivity index (χ1v) is 14.3. The van der Waals surface area contributed by atoms with Crippen molar-refractivity contribution in [3.8, 4) is 11.4 Å². The van der Waals surface area contributed by atoms with Crippen LogP contribution in [-0.2, 0) is 4.57 Å². The van der Waals surface area contributed by atoms with Crippen molar-refractivity contribution in [2.75, 3.05) is 31.1 Å². The number of aromatic nitrogens is 6. The highest BCUT2D eigenvalue weighted by molar-refractivity contribution is 9.10. The molecule has 0 amide bonds. The summed E-state index contributed by atoms with van der Waals surface area (Å²) in [5.41, 5.74) is 3.43. The zero-order valence-electron chi connectivity index (χ0n) is 19.7. The first kappa shape index (κ1) is 23.9. The van der Waals surface area contributed by atoms with Gasteiger partial charge in [0, 0.05) is 31.0 Å². The molecule has 0 radical (unpaired) electrons. The van der Waals surface area contributed by atoms with Crippen LogP contribution in [0.25, 0.3) is 16.7 Å². The van der Waals surface area contributed by atoms with E-state index in [0.717, 1.165) is 5.69 Å². The lowest BCUT2D eigenvalue weighted by atomic mass is 10.2. The monoisotopic (exact) mass is 564 g/mol. The third-order valence-electron chi connectivity index (χ3n) is 5.35. The van der Waals surface area contributed by atoms with Crippen LogP contribution in [0.15, 0.2) is 71.9 Å². The minimum atomic E-state index is -2.72. The standard InChI is InChI=1S/C24H22BrN8O2P/c1-35-20-8-5-15(33-12-4-9-29-33)13-19(20)31-24-28-14-16(25)23(32-24)30-18-7-6-17-21(27-11-10-26-17)22(18)36(2,3)34/h4-14H,1-3H3,(H2,28,30,31,32). The number of nitrogens with zero attached hydrogens (tertiary/aromatic N) is 6. The van der Waals surface area contributed by atoms with Gasteiger partial charge in [0.2, 0.25) is 5.95 Å². The van der Waals surface area contributed by atoms with Crippen molar-refractivity contribution in [1.82, 2.24) is 29.7 Å². The SMILES string of the molecule is COc1ccc(-n2cccn2)cc1Nc1ncc(Br)c(Nc2ccc3nccnc3c2P(C)(C)=O)n1. The lowest BCUT2D eigenvalue weighted by molar-refractivity contribution is 0.416. The molecule has 3 heterocycles. The largest absolute Gasteiger partial charge is 0.495 e. The second-order valence-electron chi connectivity index (χ2n) is 8.21. The van der Waals surface area contributed by atoms with E-state index in [2.05, 4.69) is 51.6 Å². The molecule has 36 heavy (non-hydrogen) atoms. The number of rotatable bonds is 7.